The molecule has 0 aromatic heterocycles. The molecule has 0 saturated heterocycles. The molecule has 0 fully saturated rings. The van der Waals surface area contributed by atoms with Crippen LogP contribution in [0.4, 0.5) is 0 Å². The van der Waals surface area contributed by atoms with E-state index in [1.807, 2.05) is 0 Å². The Morgan fingerprint density at radius 3 is 2.47 bits per heavy atom. The highest BCUT2D eigenvalue weighted by molar-refractivity contribution is 7.32. The summed E-state index contributed by atoms with van der Waals surface area (Å²) < 4.78 is 19.3. The molecule has 0 bridgehead atoms. The molecule has 1 rings (SSSR count). The van der Waals surface area contributed by atoms with Crippen LogP contribution in [0.5, 0.6) is 0 Å². The maximum absolute atomic E-state index is 11.1. The highest BCUT2D eigenvalue weighted by Gasteiger charge is 2.04. The van der Waals surface area contributed by atoms with E-state index in [1.54, 1.807) is 24.3 Å². The van der Waals surface area contributed by atoms with Gasteiger partial charge in [-0.1, -0.05) is 12.1 Å². The van der Waals surface area contributed by atoms with Crippen LogP contribution < -0.4 is 0 Å². The molecule has 1 N–H and O–H groups in total. The van der Waals surface area contributed by atoms with Crippen LogP contribution in [0, 0.1) is 0 Å². The van der Waals surface area contributed by atoms with E-state index in [0.29, 0.717) is 5.56 Å². The molecule has 1 aromatic carbocycles. The van der Waals surface area contributed by atoms with Crippen LogP contribution in [0.25, 0.3) is 0 Å². The van der Waals surface area contributed by atoms with Gasteiger partial charge in [0.25, 0.3) is 0 Å². The van der Waals surface area contributed by atoms with Gasteiger partial charge in [0.15, 0.2) is 0 Å². The van der Waals surface area contributed by atoms with Gasteiger partial charge in [-0.2, -0.15) is 0 Å². The van der Waals surface area contributed by atoms with Gasteiger partial charge in [-0.05, 0) is 17.7 Å². The quantitative estimate of drug-likeness (QED) is 0.624. The van der Waals surface area contributed by atoms with Crippen molar-refractivity contribution in [3.63, 3.8) is 0 Å². The highest BCUT2D eigenvalue weighted by Crippen LogP contribution is 2.18. The highest BCUT2D eigenvalue weighted by atomic mass is 31.1. The van der Waals surface area contributed by atoms with Crippen LogP contribution in [-0.4, -0.2) is 18.0 Å². The summed E-state index contributed by atoms with van der Waals surface area (Å²) in [5, 5.41) is 0. The van der Waals surface area contributed by atoms with Gasteiger partial charge in [-0.3, -0.25) is 4.57 Å². The van der Waals surface area contributed by atoms with Crippen molar-refractivity contribution in [2.24, 2.45) is 0 Å². The van der Waals surface area contributed by atoms with Crippen molar-refractivity contribution < 1.29 is 23.5 Å². The average Bonchev–Trinajstić information content (AvgIpc) is 2.26. The number of methoxy groups -OCH3 is 1. The van der Waals surface area contributed by atoms with Gasteiger partial charge in [-0.25, -0.2) is 4.79 Å². The lowest BCUT2D eigenvalue weighted by Gasteiger charge is -2.02. The van der Waals surface area contributed by atoms with Crippen molar-refractivity contribution >= 4 is 14.2 Å². The van der Waals surface area contributed by atoms with E-state index in [9.17, 15) is 9.36 Å². The normalized spacial score (nSPS) is 12.1. The number of ether oxygens (including phenoxy) is 1. The van der Waals surface area contributed by atoms with E-state index in [4.69, 9.17) is 4.89 Å². The van der Waals surface area contributed by atoms with Crippen LogP contribution in [0.2, 0.25) is 0 Å². The molecule has 0 saturated carbocycles. The maximum atomic E-state index is 11.1. The Bertz CT molecular complexity index is 359. The van der Waals surface area contributed by atoms with Gasteiger partial charge in [-0.15, -0.1) is 0 Å². The standard InChI is InChI=1S/C9H11O5P/c1-13-9(10)8-4-2-7(3-5-8)6-14-15(11)12/h2-5,15H,6H2,1H3,(H,11,12). The molecular weight excluding hydrogens is 219 g/mol. The predicted molar refractivity (Wildman–Crippen MR) is 53.8 cm³/mol. The Hall–Kier alpha value is -1.16. The number of hydrogen-bond acceptors (Lipinski definition) is 4. The van der Waals surface area contributed by atoms with Crippen LogP contribution in [0.3, 0.4) is 0 Å². The molecule has 0 amide bonds. The van der Waals surface area contributed by atoms with Gasteiger partial charge in [0.1, 0.15) is 0 Å². The summed E-state index contributed by atoms with van der Waals surface area (Å²) in [4.78, 5) is 19.5. The van der Waals surface area contributed by atoms with E-state index in [-0.39, 0.29) is 6.61 Å². The maximum Gasteiger partial charge on any atom is 0.337 e. The Labute approximate surface area is 87.6 Å². The van der Waals surface area contributed by atoms with Crippen molar-refractivity contribution in [3.05, 3.63) is 35.4 Å². The first-order valence-corrected chi connectivity index (χ1v) is 5.43. The molecule has 0 aliphatic rings. The zero-order valence-corrected chi connectivity index (χ0v) is 9.10. The van der Waals surface area contributed by atoms with Gasteiger partial charge in [0, 0.05) is 0 Å². The summed E-state index contributed by atoms with van der Waals surface area (Å²) in [6.45, 7) is 0.0513. The average molecular weight is 230 g/mol. The fourth-order valence-corrected chi connectivity index (χ4v) is 1.29. The summed E-state index contributed by atoms with van der Waals surface area (Å²) in [5.41, 5.74) is 1.15. The Balaban J connectivity index is 2.64. The summed E-state index contributed by atoms with van der Waals surface area (Å²) in [7, 11) is -1.60. The molecule has 1 atom stereocenters. The van der Waals surface area contributed by atoms with E-state index < -0.39 is 14.2 Å². The van der Waals surface area contributed by atoms with Crippen LogP contribution in [0.1, 0.15) is 15.9 Å². The minimum atomic E-state index is -2.90. The third-order valence-corrected chi connectivity index (χ3v) is 2.13. The predicted octanol–water partition coefficient (Wildman–Crippen LogP) is 1.37. The molecule has 6 heteroatoms. The molecule has 0 spiro atoms. The number of carbonyl (C=O) groups is 1. The van der Waals surface area contributed by atoms with Gasteiger partial charge < -0.3 is 14.2 Å². The molecule has 0 aliphatic heterocycles. The van der Waals surface area contributed by atoms with Crippen LogP contribution in [-0.2, 0) is 20.4 Å². The monoisotopic (exact) mass is 230 g/mol. The second-order valence-electron chi connectivity index (χ2n) is 2.74. The van der Waals surface area contributed by atoms with Crippen molar-refractivity contribution in [3.8, 4) is 0 Å². The van der Waals surface area contributed by atoms with Crippen LogP contribution >= 0.6 is 8.25 Å². The topological polar surface area (TPSA) is 72.8 Å². The lowest BCUT2D eigenvalue weighted by molar-refractivity contribution is 0.0600. The van der Waals surface area contributed by atoms with Crippen molar-refractivity contribution in [1.82, 2.24) is 0 Å². The molecule has 15 heavy (non-hydrogen) atoms. The first-order chi connectivity index (χ1) is 7.13. The Morgan fingerprint density at radius 1 is 1.40 bits per heavy atom. The molecular formula is C9H11O5P. The minimum Gasteiger partial charge on any atom is -0.465 e. The molecule has 0 heterocycles. The Morgan fingerprint density at radius 2 is 2.00 bits per heavy atom. The number of carbonyl (C=O) groups excluding carboxylic acids is 1. The third kappa shape index (κ3) is 3.83. The van der Waals surface area contributed by atoms with E-state index in [2.05, 4.69) is 9.26 Å². The largest absolute Gasteiger partial charge is 0.465 e. The molecule has 0 aliphatic carbocycles. The van der Waals surface area contributed by atoms with Crippen molar-refractivity contribution in [2.75, 3.05) is 7.11 Å². The zero-order valence-electron chi connectivity index (χ0n) is 8.10. The molecule has 1 unspecified atom stereocenters. The van der Waals surface area contributed by atoms with Crippen molar-refractivity contribution in [2.45, 2.75) is 6.61 Å². The fraction of sp³-hybridized carbons (Fsp3) is 0.222. The molecule has 1 aromatic rings. The second kappa shape index (κ2) is 5.66. The molecule has 5 nitrogen and oxygen atoms in total. The second-order valence-corrected chi connectivity index (χ2v) is 3.56. The third-order valence-electron chi connectivity index (χ3n) is 1.74. The molecule has 82 valence electrons. The summed E-state index contributed by atoms with van der Waals surface area (Å²) in [6.07, 6.45) is 0. The Kier molecular flexibility index (Phi) is 4.49. The first-order valence-electron chi connectivity index (χ1n) is 4.16. The van der Waals surface area contributed by atoms with Crippen LogP contribution in [0.15, 0.2) is 24.3 Å². The zero-order chi connectivity index (χ0) is 11.3. The van der Waals surface area contributed by atoms with Gasteiger partial charge in [0.05, 0.1) is 19.3 Å². The number of esters is 1. The first kappa shape index (κ1) is 11.9. The molecule has 0 radical (unpaired) electrons. The van der Waals surface area contributed by atoms with Gasteiger partial charge in [0.2, 0.25) is 0 Å². The number of hydrogen-bond donors (Lipinski definition) is 1. The fourth-order valence-electron chi connectivity index (χ4n) is 1.000. The summed E-state index contributed by atoms with van der Waals surface area (Å²) >= 11 is 0. The minimum absolute atomic E-state index is 0.0513. The smallest absolute Gasteiger partial charge is 0.337 e. The van der Waals surface area contributed by atoms with Gasteiger partial charge >= 0.3 is 14.2 Å². The number of benzene rings is 1. The van der Waals surface area contributed by atoms with E-state index in [1.165, 1.54) is 7.11 Å². The van der Waals surface area contributed by atoms with E-state index >= 15 is 0 Å². The summed E-state index contributed by atoms with van der Waals surface area (Å²) in [6, 6.07) is 6.41. The number of rotatable bonds is 4. The lowest BCUT2D eigenvalue weighted by Crippen LogP contribution is -2.00. The van der Waals surface area contributed by atoms with E-state index in [0.717, 1.165) is 5.56 Å². The SMILES string of the molecule is COC(=O)c1ccc(CO[PH](=O)O)cc1. The lowest BCUT2D eigenvalue weighted by atomic mass is 10.1. The van der Waals surface area contributed by atoms with Crippen molar-refractivity contribution in [1.29, 1.82) is 0 Å². The summed E-state index contributed by atoms with van der Waals surface area (Å²) in [5.74, 6) is -0.418.